The van der Waals surface area contributed by atoms with Crippen LogP contribution < -0.4 is 10.6 Å². The summed E-state index contributed by atoms with van der Waals surface area (Å²) in [5.41, 5.74) is 1.43. The van der Waals surface area contributed by atoms with E-state index < -0.39 is 0 Å². The molecule has 1 fully saturated rings. The van der Waals surface area contributed by atoms with E-state index in [0.717, 1.165) is 23.1 Å². The number of benzene rings is 1. The Bertz CT molecular complexity index is 519. The van der Waals surface area contributed by atoms with Crippen LogP contribution in [0.25, 0.3) is 0 Å². The van der Waals surface area contributed by atoms with Crippen molar-refractivity contribution in [2.75, 3.05) is 24.2 Å². The number of likely N-dealkylation sites (N-methyl/N-ethyl adjacent to an activating group) is 1. The molecule has 1 aromatic rings. The molecule has 0 aromatic heterocycles. The molecule has 102 valence electrons. The first-order valence-electron chi connectivity index (χ1n) is 6.06. The van der Waals surface area contributed by atoms with Gasteiger partial charge in [-0.05, 0) is 24.6 Å². The largest absolute Gasteiger partial charge is 0.372 e. The van der Waals surface area contributed by atoms with Gasteiger partial charge in [-0.3, -0.25) is 9.59 Å². The molecule has 2 amide bonds. The minimum Gasteiger partial charge on any atom is -0.372 e. The third-order valence-corrected chi connectivity index (χ3v) is 3.54. The van der Waals surface area contributed by atoms with Crippen molar-refractivity contribution in [1.29, 1.82) is 0 Å². The van der Waals surface area contributed by atoms with Gasteiger partial charge in [-0.15, -0.1) is 0 Å². The number of nitrogens with zero attached hydrogens (tertiary/aromatic N) is 1. The van der Waals surface area contributed by atoms with Gasteiger partial charge < -0.3 is 15.5 Å². The molecule has 2 rings (SSSR count). The van der Waals surface area contributed by atoms with E-state index in [0.29, 0.717) is 5.69 Å². The van der Waals surface area contributed by atoms with Crippen molar-refractivity contribution in [1.82, 2.24) is 4.90 Å². The predicted molar refractivity (Wildman–Crippen MR) is 78.1 cm³/mol. The summed E-state index contributed by atoms with van der Waals surface area (Å²) in [4.78, 5) is 24.8. The van der Waals surface area contributed by atoms with E-state index in [2.05, 4.69) is 26.6 Å². The van der Waals surface area contributed by atoms with E-state index in [9.17, 15) is 9.59 Å². The Hall–Kier alpha value is -1.56. The zero-order valence-electron chi connectivity index (χ0n) is 10.9. The van der Waals surface area contributed by atoms with E-state index in [1.54, 1.807) is 18.0 Å². The van der Waals surface area contributed by atoms with Crippen molar-refractivity contribution in [3.05, 3.63) is 22.7 Å². The predicted octanol–water partition coefficient (Wildman–Crippen LogP) is 2.05. The van der Waals surface area contributed by atoms with Crippen LogP contribution in [-0.2, 0) is 9.59 Å². The monoisotopic (exact) mass is 325 g/mol. The average molecular weight is 326 g/mol. The van der Waals surface area contributed by atoms with Crippen molar-refractivity contribution in [3.63, 3.8) is 0 Å². The molecule has 0 spiro atoms. The van der Waals surface area contributed by atoms with Crippen LogP contribution >= 0.6 is 15.9 Å². The molecule has 1 saturated heterocycles. The summed E-state index contributed by atoms with van der Waals surface area (Å²) in [6.07, 6.45) is 0.765. The number of rotatable bonds is 3. The maximum atomic E-state index is 11.9. The van der Waals surface area contributed by atoms with E-state index in [4.69, 9.17) is 0 Å². The molecule has 1 aliphatic rings. The van der Waals surface area contributed by atoms with Gasteiger partial charge in [0.1, 0.15) is 6.04 Å². The van der Waals surface area contributed by atoms with Crippen molar-refractivity contribution >= 4 is 39.1 Å². The molecule has 6 heteroatoms. The summed E-state index contributed by atoms with van der Waals surface area (Å²) in [6.45, 7) is 2.21. The first-order chi connectivity index (χ1) is 8.97. The Kier molecular flexibility index (Phi) is 4.09. The lowest BCUT2D eigenvalue weighted by Crippen LogP contribution is -2.31. The van der Waals surface area contributed by atoms with Crippen molar-refractivity contribution in [2.24, 2.45) is 0 Å². The highest BCUT2D eigenvalue weighted by Crippen LogP contribution is 2.28. The van der Waals surface area contributed by atoms with Crippen molar-refractivity contribution in [2.45, 2.75) is 19.4 Å². The van der Waals surface area contributed by atoms with Gasteiger partial charge in [-0.25, -0.2) is 0 Å². The Labute approximate surface area is 120 Å². The van der Waals surface area contributed by atoms with Gasteiger partial charge in [0, 0.05) is 25.0 Å². The van der Waals surface area contributed by atoms with Crippen molar-refractivity contribution in [3.8, 4) is 0 Å². The fraction of sp³-hybridized carbons (Fsp3) is 0.385. The maximum Gasteiger partial charge on any atom is 0.244 e. The van der Waals surface area contributed by atoms with Crippen LogP contribution in [0.4, 0.5) is 11.4 Å². The highest BCUT2D eigenvalue weighted by atomic mass is 79.9. The molecule has 0 unspecified atom stereocenters. The number of hydrogen-bond donors (Lipinski definition) is 2. The SMILES string of the molecule is CC(=O)Nc1ccc(Br)cc1N[C@@H]1CCN(C)C1=O. The van der Waals surface area contributed by atoms with Crippen LogP contribution in [0, 0.1) is 0 Å². The van der Waals surface area contributed by atoms with Crippen LogP contribution in [0.3, 0.4) is 0 Å². The average Bonchev–Trinajstić information content (AvgIpc) is 2.64. The fourth-order valence-corrected chi connectivity index (χ4v) is 2.44. The molecular weight excluding hydrogens is 310 g/mol. The smallest absolute Gasteiger partial charge is 0.244 e. The minimum atomic E-state index is -0.230. The molecule has 0 saturated carbocycles. The Balaban J connectivity index is 2.21. The van der Waals surface area contributed by atoms with Crippen LogP contribution in [0.5, 0.6) is 0 Å². The number of carbonyl (C=O) groups is 2. The van der Waals surface area contributed by atoms with Gasteiger partial charge in [0.15, 0.2) is 0 Å². The number of hydrogen-bond acceptors (Lipinski definition) is 3. The van der Waals surface area contributed by atoms with Gasteiger partial charge >= 0.3 is 0 Å². The van der Waals surface area contributed by atoms with E-state index in [1.165, 1.54) is 6.92 Å². The zero-order valence-corrected chi connectivity index (χ0v) is 12.5. The number of carbonyl (C=O) groups excluding carboxylic acids is 2. The number of halogens is 1. The summed E-state index contributed by atoms with van der Waals surface area (Å²) in [7, 11) is 1.79. The summed E-state index contributed by atoms with van der Waals surface area (Å²) < 4.78 is 0.892. The first kappa shape index (κ1) is 13.9. The molecule has 1 heterocycles. The Morgan fingerprint density at radius 1 is 1.42 bits per heavy atom. The highest BCUT2D eigenvalue weighted by Gasteiger charge is 2.29. The molecule has 0 radical (unpaired) electrons. The highest BCUT2D eigenvalue weighted by molar-refractivity contribution is 9.10. The van der Waals surface area contributed by atoms with Crippen LogP contribution in [-0.4, -0.2) is 36.3 Å². The molecule has 5 nitrogen and oxygen atoms in total. The first-order valence-corrected chi connectivity index (χ1v) is 6.85. The zero-order chi connectivity index (χ0) is 14.0. The minimum absolute atomic E-state index is 0.0775. The van der Waals surface area contributed by atoms with Gasteiger partial charge in [0.25, 0.3) is 0 Å². The van der Waals surface area contributed by atoms with Crippen LogP contribution in [0.1, 0.15) is 13.3 Å². The van der Waals surface area contributed by atoms with Gasteiger partial charge in [0.05, 0.1) is 11.4 Å². The lowest BCUT2D eigenvalue weighted by molar-refractivity contribution is -0.127. The van der Waals surface area contributed by atoms with E-state index in [-0.39, 0.29) is 17.9 Å². The molecule has 2 N–H and O–H groups in total. The second kappa shape index (κ2) is 5.61. The lowest BCUT2D eigenvalue weighted by Gasteiger charge is -2.17. The quantitative estimate of drug-likeness (QED) is 0.894. The van der Waals surface area contributed by atoms with Crippen molar-refractivity contribution < 1.29 is 9.59 Å². The second-order valence-electron chi connectivity index (χ2n) is 4.62. The van der Waals surface area contributed by atoms with E-state index >= 15 is 0 Å². The second-order valence-corrected chi connectivity index (χ2v) is 5.53. The topological polar surface area (TPSA) is 61.4 Å². The molecule has 0 aliphatic carbocycles. The number of likely N-dealkylation sites (tertiary alicyclic amines) is 1. The molecule has 1 atom stereocenters. The molecular formula is C13H16BrN3O2. The Morgan fingerprint density at radius 3 is 2.74 bits per heavy atom. The standard InChI is InChI=1S/C13H16BrN3O2/c1-8(18)15-10-4-3-9(14)7-12(10)16-11-5-6-17(2)13(11)19/h3-4,7,11,16H,5-6H2,1-2H3,(H,15,18)/t11-/m1/s1. The molecule has 1 aliphatic heterocycles. The van der Waals surface area contributed by atoms with E-state index in [1.807, 2.05) is 12.1 Å². The third kappa shape index (κ3) is 3.26. The number of amides is 2. The Morgan fingerprint density at radius 2 is 2.16 bits per heavy atom. The summed E-state index contributed by atoms with van der Waals surface area (Å²) in [5, 5.41) is 5.95. The normalized spacial score (nSPS) is 18.6. The van der Waals surface area contributed by atoms with Crippen LogP contribution in [0.15, 0.2) is 22.7 Å². The molecule has 1 aromatic carbocycles. The number of nitrogens with one attached hydrogen (secondary N) is 2. The maximum absolute atomic E-state index is 11.9. The third-order valence-electron chi connectivity index (χ3n) is 3.05. The van der Waals surface area contributed by atoms with Gasteiger partial charge in [-0.1, -0.05) is 15.9 Å². The molecule has 0 bridgehead atoms. The number of anilines is 2. The fourth-order valence-electron chi connectivity index (χ4n) is 2.08. The summed E-state index contributed by atoms with van der Waals surface area (Å²) >= 11 is 3.39. The van der Waals surface area contributed by atoms with Gasteiger partial charge in [-0.2, -0.15) is 0 Å². The van der Waals surface area contributed by atoms with Gasteiger partial charge in [0.2, 0.25) is 11.8 Å². The summed E-state index contributed by atoms with van der Waals surface area (Å²) in [6, 6.07) is 5.28. The van der Waals surface area contributed by atoms with Crippen LogP contribution in [0.2, 0.25) is 0 Å². The summed E-state index contributed by atoms with van der Waals surface area (Å²) in [5.74, 6) is -0.0611. The lowest BCUT2D eigenvalue weighted by atomic mass is 10.2. The molecule has 19 heavy (non-hydrogen) atoms.